The number of nitrogens with zero attached hydrogens (tertiary/aromatic N) is 1. The minimum atomic E-state index is -0.586. The average Bonchev–Trinajstić information content (AvgIpc) is 3.41. The van der Waals surface area contributed by atoms with Gasteiger partial charge in [-0.1, -0.05) is 0 Å². The first-order valence-electron chi connectivity index (χ1n) is 8.50. The summed E-state index contributed by atoms with van der Waals surface area (Å²) in [6.07, 6.45) is 1.60. The predicted molar refractivity (Wildman–Crippen MR) is 90.1 cm³/mol. The fourth-order valence-corrected chi connectivity index (χ4v) is 3.08. The quantitative estimate of drug-likeness (QED) is 0.564. The summed E-state index contributed by atoms with van der Waals surface area (Å²) in [6, 6.07) is 8.29. The van der Waals surface area contributed by atoms with E-state index < -0.39 is 11.9 Å². The predicted octanol–water partition coefficient (Wildman–Crippen LogP) is 1.78. The molecule has 0 bridgehead atoms. The van der Waals surface area contributed by atoms with Crippen LogP contribution in [0.3, 0.4) is 0 Å². The molecule has 8 nitrogen and oxygen atoms in total. The molecular formula is C19H17NO7. The Labute approximate surface area is 154 Å². The largest absolute Gasteiger partial charge is 0.467 e. The molecule has 4 rings (SSSR count). The molecule has 8 heteroatoms. The number of amides is 1. The lowest BCUT2D eigenvalue weighted by molar-refractivity contribution is -0.147. The number of hydrogen-bond acceptors (Lipinski definition) is 7. The van der Waals surface area contributed by atoms with Crippen LogP contribution in [0.5, 0.6) is 11.5 Å². The Morgan fingerprint density at radius 2 is 2.04 bits per heavy atom. The molecule has 0 saturated carbocycles. The fraction of sp³-hybridized carbons (Fsp3) is 0.316. The molecule has 1 amide bonds. The van der Waals surface area contributed by atoms with Crippen molar-refractivity contribution in [2.75, 3.05) is 19.9 Å². The Morgan fingerprint density at radius 3 is 2.85 bits per heavy atom. The van der Waals surface area contributed by atoms with Crippen molar-refractivity contribution in [3.63, 3.8) is 0 Å². The zero-order valence-corrected chi connectivity index (χ0v) is 14.4. The summed E-state index contributed by atoms with van der Waals surface area (Å²) in [7, 11) is 0. The van der Waals surface area contributed by atoms with Gasteiger partial charge in [-0.3, -0.25) is 14.4 Å². The summed E-state index contributed by atoms with van der Waals surface area (Å²) in [5, 5.41) is 0. The number of carbonyl (C=O) groups is 3. The second-order valence-electron chi connectivity index (χ2n) is 6.35. The number of esters is 1. The minimum Gasteiger partial charge on any atom is -0.467 e. The highest BCUT2D eigenvalue weighted by atomic mass is 16.7. The maximum absolute atomic E-state index is 12.2. The van der Waals surface area contributed by atoms with Crippen LogP contribution in [0.1, 0.15) is 22.5 Å². The lowest BCUT2D eigenvalue weighted by atomic mass is 10.1. The summed E-state index contributed by atoms with van der Waals surface area (Å²) in [6.45, 7) is 0.288. The first-order chi connectivity index (χ1) is 13.1. The number of benzene rings is 1. The highest BCUT2D eigenvalue weighted by molar-refractivity contribution is 5.99. The van der Waals surface area contributed by atoms with Crippen LogP contribution in [0.15, 0.2) is 41.0 Å². The lowest BCUT2D eigenvalue weighted by Gasteiger charge is -2.14. The Kier molecular flexibility index (Phi) is 4.53. The number of fused-ring (bicyclic) bond motifs is 1. The van der Waals surface area contributed by atoms with Gasteiger partial charge in [-0.15, -0.1) is 0 Å². The van der Waals surface area contributed by atoms with Gasteiger partial charge in [0.05, 0.1) is 18.7 Å². The SMILES string of the molecule is O=C(COC(=O)[C@H]1CC(=O)N(Cc2ccco2)C1)c1ccc2c(c1)OCO2. The van der Waals surface area contributed by atoms with Gasteiger partial charge in [0.25, 0.3) is 0 Å². The highest BCUT2D eigenvalue weighted by Crippen LogP contribution is 2.32. The van der Waals surface area contributed by atoms with Crippen LogP contribution in [0.4, 0.5) is 0 Å². The van der Waals surface area contributed by atoms with Crippen LogP contribution in [0.25, 0.3) is 0 Å². The van der Waals surface area contributed by atoms with Crippen LogP contribution in [-0.2, 0) is 20.9 Å². The third-order valence-corrected chi connectivity index (χ3v) is 4.51. The Hall–Kier alpha value is -3.29. The van der Waals surface area contributed by atoms with Crippen molar-refractivity contribution in [3.05, 3.63) is 47.9 Å². The molecule has 1 atom stereocenters. The minimum absolute atomic E-state index is 0.0672. The van der Waals surface area contributed by atoms with Crippen molar-refractivity contribution in [1.29, 1.82) is 0 Å². The van der Waals surface area contributed by atoms with Crippen molar-refractivity contribution in [3.8, 4) is 11.5 Å². The standard InChI is InChI=1S/C19H17NO7/c21-15(12-3-4-16-17(6-12)27-11-26-16)10-25-19(23)13-7-18(22)20(8-13)9-14-2-1-5-24-14/h1-6,13H,7-11H2/t13-/m0/s1. The highest BCUT2D eigenvalue weighted by Gasteiger charge is 2.36. The van der Waals surface area contributed by atoms with E-state index in [0.29, 0.717) is 29.4 Å². The number of likely N-dealkylation sites (tertiary alicyclic amines) is 1. The zero-order chi connectivity index (χ0) is 18.8. The monoisotopic (exact) mass is 371 g/mol. The number of carbonyl (C=O) groups excluding carboxylic acids is 3. The van der Waals surface area contributed by atoms with E-state index in [9.17, 15) is 14.4 Å². The van der Waals surface area contributed by atoms with Gasteiger partial charge < -0.3 is 23.5 Å². The number of rotatable bonds is 6. The van der Waals surface area contributed by atoms with Gasteiger partial charge in [-0.25, -0.2) is 0 Å². The number of hydrogen-bond donors (Lipinski definition) is 0. The molecule has 0 aliphatic carbocycles. The van der Waals surface area contributed by atoms with E-state index >= 15 is 0 Å². The molecule has 1 fully saturated rings. The molecule has 0 unspecified atom stereocenters. The first kappa shape index (κ1) is 17.1. The molecule has 0 spiro atoms. The zero-order valence-electron chi connectivity index (χ0n) is 14.4. The molecule has 27 heavy (non-hydrogen) atoms. The summed E-state index contributed by atoms with van der Waals surface area (Å²) < 4.78 is 20.8. The topological polar surface area (TPSA) is 95.3 Å². The van der Waals surface area contributed by atoms with E-state index in [2.05, 4.69) is 0 Å². The van der Waals surface area contributed by atoms with Gasteiger partial charge in [0.1, 0.15) is 5.76 Å². The third kappa shape index (κ3) is 3.64. The van der Waals surface area contributed by atoms with Crippen molar-refractivity contribution >= 4 is 17.7 Å². The molecule has 0 radical (unpaired) electrons. The fourth-order valence-electron chi connectivity index (χ4n) is 3.08. The molecule has 2 aliphatic heterocycles. The van der Waals surface area contributed by atoms with E-state index in [-0.39, 0.29) is 38.1 Å². The van der Waals surface area contributed by atoms with Crippen molar-refractivity contribution in [2.24, 2.45) is 5.92 Å². The Morgan fingerprint density at radius 1 is 1.19 bits per heavy atom. The molecule has 1 saturated heterocycles. The van der Waals surface area contributed by atoms with Crippen LogP contribution in [0, 0.1) is 5.92 Å². The molecular weight excluding hydrogens is 354 g/mol. The lowest BCUT2D eigenvalue weighted by Crippen LogP contribution is -2.27. The van der Waals surface area contributed by atoms with Crippen LogP contribution >= 0.6 is 0 Å². The van der Waals surface area contributed by atoms with Gasteiger partial charge in [-0.05, 0) is 30.3 Å². The van der Waals surface area contributed by atoms with Crippen molar-refractivity contribution in [2.45, 2.75) is 13.0 Å². The summed E-state index contributed by atoms with van der Waals surface area (Å²) in [5.74, 6) is 0.0763. The van der Waals surface area contributed by atoms with Crippen LogP contribution in [-0.4, -0.2) is 42.5 Å². The molecule has 1 aromatic carbocycles. The Balaban J connectivity index is 1.30. The Bertz CT molecular complexity index is 874. The maximum atomic E-state index is 12.2. The normalized spacial score (nSPS) is 18.0. The summed E-state index contributed by atoms with van der Waals surface area (Å²) >= 11 is 0. The average molecular weight is 371 g/mol. The number of furan rings is 1. The van der Waals surface area contributed by atoms with Gasteiger partial charge in [0, 0.05) is 18.5 Å². The van der Waals surface area contributed by atoms with Gasteiger partial charge in [0.15, 0.2) is 23.9 Å². The molecule has 140 valence electrons. The maximum Gasteiger partial charge on any atom is 0.311 e. The van der Waals surface area contributed by atoms with Gasteiger partial charge in [-0.2, -0.15) is 0 Å². The number of Topliss-reactive ketones (excluding diaryl/α,β-unsaturated/α-hetero) is 1. The smallest absolute Gasteiger partial charge is 0.311 e. The molecule has 3 heterocycles. The van der Waals surface area contributed by atoms with Crippen molar-refractivity contribution < 1.29 is 33.0 Å². The summed E-state index contributed by atoms with van der Waals surface area (Å²) in [5.41, 5.74) is 0.369. The number of ether oxygens (including phenoxy) is 3. The van der Waals surface area contributed by atoms with Gasteiger partial charge >= 0.3 is 5.97 Å². The van der Waals surface area contributed by atoms with E-state index in [1.807, 2.05) is 0 Å². The van der Waals surface area contributed by atoms with Crippen LogP contribution in [0.2, 0.25) is 0 Å². The van der Waals surface area contributed by atoms with E-state index in [1.54, 1.807) is 35.2 Å². The molecule has 1 aromatic heterocycles. The molecule has 2 aliphatic rings. The third-order valence-electron chi connectivity index (χ3n) is 4.51. The second-order valence-corrected chi connectivity index (χ2v) is 6.35. The van der Waals surface area contributed by atoms with E-state index in [4.69, 9.17) is 18.6 Å². The molecule has 0 N–H and O–H groups in total. The second kappa shape index (κ2) is 7.14. The van der Waals surface area contributed by atoms with Gasteiger partial charge in [0.2, 0.25) is 12.7 Å². The molecule has 2 aromatic rings. The van der Waals surface area contributed by atoms with E-state index in [0.717, 1.165) is 0 Å². The first-order valence-corrected chi connectivity index (χ1v) is 8.50. The van der Waals surface area contributed by atoms with Crippen molar-refractivity contribution in [1.82, 2.24) is 4.90 Å². The van der Waals surface area contributed by atoms with Crippen LogP contribution < -0.4 is 9.47 Å². The number of ketones is 1. The van der Waals surface area contributed by atoms with E-state index in [1.165, 1.54) is 6.26 Å². The summed E-state index contributed by atoms with van der Waals surface area (Å²) in [4.78, 5) is 38.1.